The van der Waals surface area contributed by atoms with Crippen LogP contribution in [0.3, 0.4) is 0 Å². The van der Waals surface area contributed by atoms with Crippen LogP contribution in [0, 0.1) is 11.7 Å². The van der Waals surface area contributed by atoms with Crippen molar-refractivity contribution in [3.63, 3.8) is 0 Å². The Labute approximate surface area is 117 Å². The average Bonchev–Trinajstić information content (AvgIpc) is 2.81. The Hall–Kier alpha value is -0.350. The van der Waals surface area contributed by atoms with E-state index in [2.05, 4.69) is 4.90 Å². The third-order valence-electron chi connectivity index (χ3n) is 3.69. The van der Waals surface area contributed by atoms with E-state index in [1.165, 1.54) is 12.1 Å². The SMILES string of the molecule is CC(c1cc(F)c(Cl)cc1Cl)N1CCC(CN)C1. The average molecular weight is 291 g/mol. The molecule has 1 fully saturated rings. The van der Waals surface area contributed by atoms with Crippen molar-refractivity contribution >= 4 is 23.2 Å². The molecule has 100 valence electrons. The van der Waals surface area contributed by atoms with Crippen molar-refractivity contribution in [2.24, 2.45) is 11.7 Å². The van der Waals surface area contributed by atoms with Gasteiger partial charge in [-0.15, -0.1) is 0 Å². The maximum atomic E-state index is 13.5. The van der Waals surface area contributed by atoms with Crippen molar-refractivity contribution in [1.29, 1.82) is 0 Å². The number of hydrogen-bond acceptors (Lipinski definition) is 2. The third-order valence-corrected chi connectivity index (χ3v) is 4.30. The highest BCUT2D eigenvalue weighted by Crippen LogP contribution is 2.33. The van der Waals surface area contributed by atoms with Gasteiger partial charge in [0.05, 0.1) is 5.02 Å². The van der Waals surface area contributed by atoms with Gasteiger partial charge in [0.15, 0.2) is 0 Å². The molecule has 0 aromatic heterocycles. The minimum atomic E-state index is -0.419. The number of rotatable bonds is 3. The van der Waals surface area contributed by atoms with E-state index in [0.29, 0.717) is 17.5 Å². The van der Waals surface area contributed by atoms with Crippen LogP contribution in [-0.4, -0.2) is 24.5 Å². The summed E-state index contributed by atoms with van der Waals surface area (Å²) in [7, 11) is 0. The van der Waals surface area contributed by atoms with Crippen LogP contribution in [0.5, 0.6) is 0 Å². The fraction of sp³-hybridized carbons (Fsp3) is 0.538. The zero-order valence-corrected chi connectivity index (χ0v) is 11.8. The van der Waals surface area contributed by atoms with Crippen LogP contribution in [0.25, 0.3) is 0 Å². The van der Waals surface area contributed by atoms with E-state index in [4.69, 9.17) is 28.9 Å². The number of nitrogens with zero attached hydrogens (tertiary/aromatic N) is 1. The predicted molar refractivity (Wildman–Crippen MR) is 73.6 cm³/mol. The summed E-state index contributed by atoms with van der Waals surface area (Å²) in [5, 5.41) is 0.585. The Balaban J connectivity index is 2.19. The van der Waals surface area contributed by atoms with Gasteiger partial charge in [0, 0.05) is 17.6 Å². The van der Waals surface area contributed by atoms with Gasteiger partial charge in [-0.3, -0.25) is 4.90 Å². The lowest BCUT2D eigenvalue weighted by Gasteiger charge is -2.25. The zero-order chi connectivity index (χ0) is 13.3. The van der Waals surface area contributed by atoms with Crippen molar-refractivity contribution < 1.29 is 4.39 Å². The van der Waals surface area contributed by atoms with Gasteiger partial charge < -0.3 is 5.73 Å². The van der Waals surface area contributed by atoms with Gasteiger partial charge in [-0.1, -0.05) is 23.2 Å². The van der Waals surface area contributed by atoms with Crippen LogP contribution in [0.2, 0.25) is 10.0 Å². The first-order valence-corrected chi connectivity index (χ1v) is 6.87. The molecule has 1 aromatic carbocycles. The van der Waals surface area contributed by atoms with Crippen LogP contribution in [0.15, 0.2) is 12.1 Å². The van der Waals surface area contributed by atoms with Crippen molar-refractivity contribution in [2.45, 2.75) is 19.4 Å². The summed E-state index contributed by atoms with van der Waals surface area (Å²) in [6.07, 6.45) is 1.09. The molecular formula is C13H17Cl2FN2. The lowest BCUT2D eigenvalue weighted by molar-refractivity contribution is 0.253. The maximum absolute atomic E-state index is 13.5. The molecule has 1 heterocycles. The summed E-state index contributed by atoms with van der Waals surface area (Å²) in [4.78, 5) is 2.28. The highest BCUT2D eigenvalue weighted by atomic mass is 35.5. The molecule has 1 aliphatic rings. The first-order chi connectivity index (χ1) is 8.52. The molecule has 0 spiro atoms. The van der Waals surface area contributed by atoms with Crippen LogP contribution >= 0.6 is 23.2 Å². The molecule has 2 atom stereocenters. The summed E-state index contributed by atoms with van der Waals surface area (Å²) in [6.45, 7) is 4.65. The lowest BCUT2D eigenvalue weighted by atomic mass is 10.1. The predicted octanol–water partition coefficient (Wildman–Crippen LogP) is 3.47. The Morgan fingerprint density at radius 2 is 2.17 bits per heavy atom. The topological polar surface area (TPSA) is 29.3 Å². The van der Waals surface area contributed by atoms with Crippen molar-refractivity contribution in [2.75, 3.05) is 19.6 Å². The van der Waals surface area contributed by atoms with Crippen LogP contribution in [0.1, 0.15) is 24.9 Å². The fourth-order valence-electron chi connectivity index (χ4n) is 2.46. The Bertz CT molecular complexity index is 439. The minimum absolute atomic E-state index is 0.0669. The number of benzene rings is 1. The highest BCUT2D eigenvalue weighted by molar-refractivity contribution is 6.35. The van der Waals surface area contributed by atoms with Gasteiger partial charge in [-0.25, -0.2) is 4.39 Å². The standard InChI is InChI=1S/C13H17Cl2FN2/c1-8(18-3-2-9(6-17)7-18)10-4-13(16)12(15)5-11(10)14/h4-5,8-9H,2-3,6-7,17H2,1H3. The molecular weight excluding hydrogens is 274 g/mol. The normalized spacial score (nSPS) is 22.4. The first-order valence-electron chi connectivity index (χ1n) is 6.11. The molecule has 2 unspecified atom stereocenters. The molecule has 1 aliphatic heterocycles. The van der Waals surface area contributed by atoms with E-state index in [0.717, 1.165) is 25.1 Å². The second kappa shape index (κ2) is 5.74. The molecule has 1 aromatic rings. The summed E-state index contributed by atoms with van der Waals surface area (Å²) < 4.78 is 13.5. The Morgan fingerprint density at radius 3 is 2.78 bits per heavy atom. The van der Waals surface area contributed by atoms with E-state index in [1.54, 1.807) is 0 Å². The first kappa shape index (κ1) is 14.1. The zero-order valence-electron chi connectivity index (χ0n) is 10.3. The van der Waals surface area contributed by atoms with Crippen molar-refractivity contribution in [1.82, 2.24) is 4.90 Å². The van der Waals surface area contributed by atoms with E-state index in [1.807, 2.05) is 6.92 Å². The van der Waals surface area contributed by atoms with Gasteiger partial charge in [-0.2, -0.15) is 0 Å². The van der Waals surface area contributed by atoms with Crippen LogP contribution in [-0.2, 0) is 0 Å². The molecule has 1 saturated heterocycles. The fourth-order valence-corrected chi connectivity index (χ4v) is 3.00. The molecule has 2 N–H and O–H groups in total. The summed E-state index contributed by atoms with van der Waals surface area (Å²) in [5.41, 5.74) is 6.47. The highest BCUT2D eigenvalue weighted by Gasteiger charge is 2.27. The van der Waals surface area contributed by atoms with Crippen LogP contribution in [0.4, 0.5) is 4.39 Å². The number of hydrogen-bond donors (Lipinski definition) is 1. The van der Waals surface area contributed by atoms with Crippen molar-refractivity contribution in [3.8, 4) is 0 Å². The molecule has 0 radical (unpaired) electrons. The summed E-state index contributed by atoms with van der Waals surface area (Å²) >= 11 is 11.8. The largest absolute Gasteiger partial charge is 0.330 e. The van der Waals surface area contributed by atoms with Gasteiger partial charge in [0.2, 0.25) is 0 Å². The monoisotopic (exact) mass is 290 g/mol. The lowest BCUT2D eigenvalue weighted by Crippen LogP contribution is -2.26. The minimum Gasteiger partial charge on any atom is -0.330 e. The molecule has 0 bridgehead atoms. The van der Waals surface area contributed by atoms with E-state index in [9.17, 15) is 4.39 Å². The quantitative estimate of drug-likeness (QED) is 0.864. The number of halogens is 3. The maximum Gasteiger partial charge on any atom is 0.142 e. The second-order valence-electron chi connectivity index (χ2n) is 4.85. The smallest absolute Gasteiger partial charge is 0.142 e. The van der Waals surface area contributed by atoms with E-state index >= 15 is 0 Å². The van der Waals surface area contributed by atoms with E-state index in [-0.39, 0.29) is 11.1 Å². The Kier molecular flexibility index (Phi) is 4.49. The van der Waals surface area contributed by atoms with Crippen molar-refractivity contribution in [3.05, 3.63) is 33.6 Å². The third kappa shape index (κ3) is 2.80. The summed E-state index contributed by atoms with van der Waals surface area (Å²) in [5.74, 6) is 0.112. The van der Waals surface area contributed by atoms with Gasteiger partial charge in [-0.05, 0) is 50.0 Å². The molecule has 18 heavy (non-hydrogen) atoms. The second-order valence-corrected chi connectivity index (χ2v) is 5.66. The molecule has 0 saturated carbocycles. The molecule has 2 nitrogen and oxygen atoms in total. The molecule has 2 rings (SSSR count). The number of nitrogens with two attached hydrogens (primary N) is 1. The number of likely N-dealkylation sites (tertiary alicyclic amines) is 1. The van der Waals surface area contributed by atoms with E-state index < -0.39 is 5.82 Å². The van der Waals surface area contributed by atoms with Gasteiger partial charge >= 0.3 is 0 Å². The molecule has 5 heteroatoms. The molecule has 0 amide bonds. The van der Waals surface area contributed by atoms with Gasteiger partial charge in [0.25, 0.3) is 0 Å². The van der Waals surface area contributed by atoms with Gasteiger partial charge in [0.1, 0.15) is 5.82 Å². The molecule has 0 aliphatic carbocycles. The summed E-state index contributed by atoms with van der Waals surface area (Å²) in [6, 6.07) is 2.99. The Morgan fingerprint density at radius 1 is 1.44 bits per heavy atom. The van der Waals surface area contributed by atoms with Crippen LogP contribution < -0.4 is 5.73 Å².